The van der Waals surface area contributed by atoms with Crippen molar-refractivity contribution in [3.05, 3.63) is 51.6 Å². The maximum atomic E-state index is 13.9. The van der Waals surface area contributed by atoms with E-state index in [4.69, 9.17) is 29.4 Å². The number of carbonyl (C=O) groups excluding carboxylic acids is 3. The van der Waals surface area contributed by atoms with Gasteiger partial charge in [-0.25, -0.2) is 0 Å². The van der Waals surface area contributed by atoms with Crippen molar-refractivity contribution in [2.24, 2.45) is 5.73 Å². The summed E-state index contributed by atoms with van der Waals surface area (Å²) >= 11 is 0. The average molecular weight is 611 g/mol. The second-order valence-electron chi connectivity index (χ2n) is 12.0. The summed E-state index contributed by atoms with van der Waals surface area (Å²) < 4.78 is 29.7. The lowest BCUT2D eigenvalue weighted by Gasteiger charge is -2.43. The molecule has 2 aromatic carbocycles. The van der Waals surface area contributed by atoms with Crippen molar-refractivity contribution in [1.82, 2.24) is 4.90 Å². The minimum Gasteiger partial charge on any atom is -0.507 e. The molecule has 0 saturated carbocycles. The van der Waals surface area contributed by atoms with Crippen molar-refractivity contribution < 1.29 is 53.4 Å². The lowest BCUT2D eigenvalue weighted by molar-refractivity contribution is -0.247. The van der Waals surface area contributed by atoms with Gasteiger partial charge in [-0.1, -0.05) is 12.1 Å². The highest BCUT2D eigenvalue weighted by atomic mass is 16.7. The molecule has 234 valence electrons. The predicted molar refractivity (Wildman–Crippen MR) is 150 cm³/mol. The minimum absolute atomic E-state index is 0.000502. The summed E-state index contributed by atoms with van der Waals surface area (Å²) in [6.07, 6.45) is -3.29. The van der Waals surface area contributed by atoms with Crippen LogP contribution in [0.5, 0.6) is 17.2 Å². The molecule has 5 N–H and O–H groups in total. The van der Waals surface area contributed by atoms with Crippen molar-refractivity contribution in [2.45, 2.75) is 68.7 Å². The number of morpholine rings is 1. The summed E-state index contributed by atoms with van der Waals surface area (Å²) in [6.45, 7) is 3.05. The Hall–Kier alpha value is -3.43. The van der Waals surface area contributed by atoms with Crippen molar-refractivity contribution >= 4 is 17.3 Å². The number of aromatic hydroxyl groups is 2. The molecule has 44 heavy (non-hydrogen) atoms. The van der Waals surface area contributed by atoms with Crippen LogP contribution >= 0.6 is 0 Å². The normalized spacial score (nSPS) is 32.7. The molecule has 13 nitrogen and oxygen atoms in total. The van der Waals surface area contributed by atoms with Crippen LogP contribution in [-0.4, -0.2) is 107 Å². The predicted octanol–water partition coefficient (Wildman–Crippen LogP) is 0.705. The van der Waals surface area contributed by atoms with Crippen molar-refractivity contribution in [1.29, 1.82) is 0 Å². The van der Waals surface area contributed by atoms with Gasteiger partial charge in [0.25, 0.3) is 0 Å². The lowest BCUT2D eigenvalue weighted by atomic mass is 9.71. The third-order valence-corrected chi connectivity index (χ3v) is 9.60. The molecular weight excluding hydrogens is 576 g/mol. The number of hydrogen-bond acceptors (Lipinski definition) is 13. The highest BCUT2D eigenvalue weighted by molar-refractivity contribution is 6.31. The fourth-order valence-electron chi connectivity index (χ4n) is 7.52. The number of carbonyl (C=O) groups is 3. The van der Waals surface area contributed by atoms with Crippen LogP contribution in [0.2, 0.25) is 0 Å². The van der Waals surface area contributed by atoms with E-state index in [1.165, 1.54) is 25.3 Å². The smallest absolute Gasteiger partial charge is 0.202 e. The van der Waals surface area contributed by atoms with Gasteiger partial charge < -0.3 is 44.7 Å². The number of methoxy groups -OCH3 is 1. The fraction of sp³-hybridized carbons (Fsp3) is 0.516. The number of nitrogens with two attached hydrogens (primary N) is 1. The van der Waals surface area contributed by atoms with E-state index in [1.54, 1.807) is 0 Å². The molecule has 7 rings (SSSR count). The summed E-state index contributed by atoms with van der Waals surface area (Å²) in [7, 11) is 1.36. The van der Waals surface area contributed by atoms with Crippen molar-refractivity contribution in [3.8, 4) is 17.2 Å². The molecule has 5 aliphatic rings. The van der Waals surface area contributed by atoms with Crippen LogP contribution in [0.25, 0.3) is 0 Å². The highest BCUT2D eigenvalue weighted by Gasteiger charge is 2.53. The minimum atomic E-state index is -2.08. The lowest BCUT2D eigenvalue weighted by Crippen LogP contribution is -2.53. The first kappa shape index (κ1) is 29.3. The molecule has 0 bridgehead atoms. The summed E-state index contributed by atoms with van der Waals surface area (Å²) in [6, 6.07) is 4.43. The SMILES string of the molecule is COc1cccc2c1C(=O)c1c(O)c3c(c(O)c1C2=O)C[C@@](O)(C(=O)CN)C[C@@H]3O[C@H]1C[C@H]2[C@H](O[C@@H]3COCCN32)[C@H](C)O1. The zero-order chi connectivity index (χ0) is 31.1. The largest absolute Gasteiger partial charge is 0.507 e. The number of ether oxygens (including phenoxy) is 5. The number of Topliss-reactive ketones (excluding diaryl/α,β-unsaturated/α-hetero) is 1. The van der Waals surface area contributed by atoms with Gasteiger partial charge in [-0.3, -0.25) is 19.3 Å². The summed E-state index contributed by atoms with van der Waals surface area (Å²) in [5.74, 6) is -3.18. The number of aliphatic hydroxyl groups is 1. The van der Waals surface area contributed by atoms with E-state index in [-0.39, 0.29) is 58.9 Å². The van der Waals surface area contributed by atoms with Gasteiger partial charge in [0.2, 0.25) is 5.78 Å². The Labute approximate surface area is 252 Å². The standard InChI is InChI=1S/C31H34N2O11/c1-13-30-16(33-6-7-41-12-20(33)44-30)8-21(42-13)43-18-10-31(39,19(34)11-32)9-15-23(18)29(38)25-24(27(15)36)26(35)14-4-3-5-17(40-2)22(14)28(25)37/h3-5,13,16,18,20-21,30,36,38-39H,6-12,32H2,1-2H3/t13-,16-,18-,20+,21-,30+,31-/m0/s1. The van der Waals surface area contributed by atoms with Gasteiger partial charge in [0.05, 0.1) is 55.8 Å². The molecular formula is C31H34N2O11. The first-order chi connectivity index (χ1) is 21.1. The van der Waals surface area contributed by atoms with E-state index in [1.807, 2.05) is 6.92 Å². The van der Waals surface area contributed by atoms with E-state index in [0.29, 0.717) is 26.2 Å². The van der Waals surface area contributed by atoms with Crippen LogP contribution in [0.3, 0.4) is 0 Å². The molecule has 3 saturated heterocycles. The highest BCUT2D eigenvalue weighted by Crippen LogP contribution is 2.53. The summed E-state index contributed by atoms with van der Waals surface area (Å²) in [4.78, 5) is 42.7. The Kier molecular flexibility index (Phi) is 7.05. The first-order valence-electron chi connectivity index (χ1n) is 14.7. The molecule has 3 fully saturated rings. The second-order valence-corrected chi connectivity index (χ2v) is 12.0. The van der Waals surface area contributed by atoms with Gasteiger partial charge in [0.15, 0.2) is 17.9 Å². The van der Waals surface area contributed by atoms with Gasteiger partial charge in [-0.2, -0.15) is 0 Å². The molecule has 0 unspecified atom stereocenters. The van der Waals surface area contributed by atoms with Crippen molar-refractivity contribution in [2.75, 3.05) is 33.4 Å². The van der Waals surface area contributed by atoms with Gasteiger partial charge in [0.1, 0.15) is 35.2 Å². The topological polar surface area (TPSA) is 187 Å². The Morgan fingerprint density at radius 2 is 1.91 bits per heavy atom. The van der Waals surface area contributed by atoms with E-state index < -0.39 is 70.9 Å². The maximum absolute atomic E-state index is 13.9. The Bertz CT molecular complexity index is 1570. The third-order valence-electron chi connectivity index (χ3n) is 9.60. The molecule has 7 atom stereocenters. The summed E-state index contributed by atoms with van der Waals surface area (Å²) in [5.41, 5.74) is 2.63. The van der Waals surface area contributed by atoms with Crippen LogP contribution in [0.1, 0.15) is 68.8 Å². The molecule has 2 aliphatic carbocycles. The van der Waals surface area contributed by atoms with Crippen LogP contribution in [0.4, 0.5) is 0 Å². The van der Waals surface area contributed by atoms with Crippen molar-refractivity contribution in [3.63, 3.8) is 0 Å². The van der Waals surface area contributed by atoms with Gasteiger partial charge in [0, 0.05) is 48.5 Å². The number of rotatable bonds is 5. The maximum Gasteiger partial charge on any atom is 0.202 e. The van der Waals surface area contributed by atoms with Gasteiger partial charge in [-0.15, -0.1) is 0 Å². The van der Waals surface area contributed by atoms with Crippen LogP contribution < -0.4 is 10.5 Å². The molecule has 0 aromatic heterocycles. The van der Waals surface area contributed by atoms with Gasteiger partial charge >= 0.3 is 0 Å². The molecule has 0 spiro atoms. The fourth-order valence-corrected chi connectivity index (χ4v) is 7.52. The number of ketones is 3. The molecule has 3 heterocycles. The van der Waals surface area contributed by atoms with E-state index in [2.05, 4.69) is 4.90 Å². The van der Waals surface area contributed by atoms with Gasteiger partial charge in [-0.05, 0) is 13.0 Å². The average Bonchev–Trinajstić information content (AvgIpc) is 3.39. The number of nitrogens with zero attached hydrogens (tertiary/aromatic N) is 1. The van der Waals surface area contributed by atoms with E-state index in [9.17, 15) is 29.7 Å². The van der Waals surface area contributed by atoms with E-state index >= 15 is 0 Å². The second kappa shape index (κ2) is 10.6. The number of hydrogen-bond donors (Lipinski definition) is 4. The molecule has 0 amide bonds. The number of benzene rings is 2. The Balaban J connectivity index is 1.32. The summed E-state index contributed by atoms with van der Waals surface area (Å²) in [5, 5.41) is 34.8. The first-order valence-corrected chi connectivity index (χ1v) is 14.7. The molecule has 0 radical (unpaired) electrons. The Morgan fingerprint density at radius 3 is 2.66 bits per heavy atom. The van der Waals surface area contributed by atoms with E-state index in [0.717, 1.165) is 0 Å². The number of phenolic OH excluding ortho intramolecular Hbond substituents is 2. The monoisotopic (exact) mass is 610 g/mol. The zero-order valence-corrected chi connectivity index (χ0v) is 24.3. The molecule has 2 aromatic rings. The zero-order valence-electron chi connectivity index (χ0n) is 24.3. The van der Waals surface area contributed by atoms with Crippen LogP contribution in [-0.2, 0) is 30.2 Å². The number of fused-ring (bicyclic) bond motifs is 6. The Morgan fingerprint density at radius 1 is 1.14 bits per heavy atom. The molecule has 3 aliphatic heterocycles. The number of phenols is 2. The third kappa shape index (κ3) is 4.22. The quantitative estimate of drug-likeness (QED) is 0.296. The van der Waals surface area contributed by atoms with Crippen LogP contribution in [0, 0.1) is 0 Å². The van der Waals surface area contributed by atoms with Crippen LogP contribution in [0.15, 0.2) is 18.2 Å². The molecule has 13 heteroatoms.